The predicted octanol–water partition coefficient (Wildman–Crippen LogP) is 3.35. The van der Waals surface area contributed by atoms with E-state index in [9.17, 15) is 14.4 Å². The minimum atomic E-state index is -0.470. The van der Waals surface area contributed by atoms with Crippen molar-refractivity contribution in [1.29, 1.82) is 0 Å². The second-order valence-electron chi connectivity index (χ2n) is 7.34. The van der Waals surface area contributed by atoms with E-state index in [4.69, 9.17) is 4.74 Å². The summed E-state index contributed by atoms with van der Waals surface area (Å²) in [7, 11) is 1.71. The highest BCUT2D eigenvalue weighted by molar-refractivity contribution is 6.08. The van der Waals surface area contributed by atoms with Crippen LogP contribution in [-0.4, -0.2) is 35.5 Å². The number of carbonyl (C=O) groups is 3. The van der Waals surface area contributed by atoms with Gasteiger partial charge in [0.25, 0.3) is 0 Å². The Hall–Kier alpha value is -3.61. The van der Waals surface area contributed by atoms with Crippen LogP contribution in [0, 0.1) is 5.92 Å². The van der Waals surface area contributed by atoms with Crippen molar-refractivity contribution in [1.82, 2.24) is 4.57 Å². The fraction of sp³-hybridized carbons (Fsp3) is 0.261. The van der Waals surface area contributed by atoms with Gasteiger partial charge in [-0.15, -0.1) is 0 Å². The number of benzene rings is 2. The number of amides is 2. The molecule has 7 nitrogen and oxygen atoms in total. The standard InChI is InChI=1S/C23H23N3O4/c1-3-30-23(29)20-12-17(14-25(20)2)24-22(28)16-11-21(27)26(13-16)19-10-6-8-15-7-4-5-9-18(15)19/h4-10,12,14,16H,3,11,13H2,1-2H3,(H,24,28)/t16-/m0/s1. The Morgan fingerprint density at radius 3 is 2.73 bits per heavy atom. The topological polar surface area (TPSA) is 80.6 Å². The van der Waals surface area contributed by atoms with E-state index < -0.39 is 11.9 Å². The van der Waals surface area contributed by atoms with E-state index >= 15 is 0 Å². The van der Waals surface area contributed by atoms with Gasteiger partial charge in [0.2, 0.25) is 11.8 Å². The van der Waals surface area contributed by atoms with Gasteiger partial charge in [0.1, 0.15) is 5.69 Å². The molecule has 1 fully saturated rings. The third kappa shape index (κ3) is 3.66. The first-order valence-electron chi connectivity index (χ1n) is 9.90. The Labute approximate surface area is 174 Å². The normalized spacial score (nSPS) is 16.1. The molecule has 30 heavy (non-hydrogen) atoms. The minimum absolute atomic E-state index is 0.0771. The van der Waals surface area contributed by atoms with E-state index in [0.717, 1.165) is 16.5 Å². The molecule has 1 atom stereocenters. The van der Waals surface area contributed by atoms with Gasteiger partial charge >= 0.3 is 5.97 Å². The summed E-state index contributed by atoms with van der Waals surface area (Å²) in [6.07, 6.45) is 1.80. The second kappa shape index (κ2) is 8.02. The molecular weight excluding hydrogens is 382 g/mol. The van der Waals surface area contributed by atoms with Crippen LogP contribution in [0.15, 0.2) is 54.7 Å². The number of nitrogens with zero attached hydrogens (tertiary/aromatic N) is 2. The van der Waals surface area contributed by atoms with Crippen molar-refractivity contribution < 1.29 is 19.1 Å². The summed E-state index contributed by atoms with van der Waals surface area (Å²) in [6.45, 7) is 2.33. The number of aryl methyl sites for hydroxylation is 1. The molecule has 4 rings (SSSR count). The van der Waals surface area contributed by atoms with Gasteiger partial charge in [-0.3, -0.25) is 9.59 Å². The maximum atomic E-state index is 12.8. The summed E-state index contributed by atoms with van der Waals surface area (Å²) >= 11 is 0. The first-order chi connectivity index (χ1) is 14.5. The average Bonchev–Trinajstić information content (AvgIpc) is 3.30. The molecule has 154 valence electrons. The number of nitrogens with one attached hydrogen (secondary N) is 1. The number of esters is 1. The number of ether oxygens (including phenoxy) is 1. The number of aromatic nitrogens is 1. The maximum Gasteiger partial charge on any atom is 0.355 e. The highest BCUT2D eigenvalue weighted by atomic mass is 16.5. The third-order valence-corrected chi connectivity index (χ3v) is 5.31. The first-order valence-corrected chi connectivity index (χ1v) is 9.90. The molecule has 0 aliphatic carbocycles. The van der Waals surface area contributed by atoms with E-state index in [1.54, 1.807) is 35.7 Å². The SMILES string of the molecule is CCOC(=O)c1cc(NC(=O)[C@H]2CC(=O)N(c3cccc4ccccc34)C2)cn1C. The highest BCUT2D eigenvalue weighted by Crippen LogP contribution is 2.32. The Balaban J connectivity index is 1.50. The monoisotopic (exact) mass is 405 g/mol. The molecular formula is C23H23N3O4. The van der Waals surface area contributed by atoms with Crippen molar-refractivity contribution in [3.63, 3.8) is 0 Å². The van der Waals surface area contributed by atoms with E-state index in [1.807, 2.05) is 42.5 Å². The van der Waals surface area contributed by atoms with Gasteiger partial charge in [0.15, 0.2) is 0 Å². The molecule has 2 amide bonds. The van der Waals surface area contributed by atoms with Crippen molar-refractivity contribution in [2.75, 3.05) is 23.4 Å². The molecule has 1 aliphatic rings. The Morgan fingerprint density at radius 2 is 1.93 bits per heavy atom. The van der Waals surface area contributed by atoms with Crippen LogP contribution in [0.2, 0.25) is 0 Å². The summed E-state index contributed by atoms with van der Waals surface area (Å²) in [4.78, 5) is 39.1. The molecule has 0 spiro atoms. The Kier molecular flexibility index (Phi) is 5.27. The van der Waals surface area contributed by atoms with Crippen LogP contribution in [0.4, 0.5) is 11.4 Å². The van der Waals surface area contributed by atoms with Crippen LogP contribution in [0.5, 0.6) is 0 Å². The molecule has 7 heteroatoms. The molecule has 1 aliphatic heterocycles. The molecule has 0 radical (unpaired) electrons. The van der Waals surface area contributed by atoms with Crippen LogP contribution < -0.4 is 10.2 Å². The van der Waals surface area contributed by atoms with Crippen molar-refractivity contribution in [3.8, 4) is 0 Å². The van der Waals surface area contributed by atoms with Crippen LogP contribution >= 0.6 is 0 Å². The van der Waals surface area contributed by atoms with Crippen molar-refractivity contribution in [3.05, 3.63) is 60.4 Å². The highest BCUT2D eigenvalue weighted by Gasteiger charge is 2.36. The molecule has 1 N–H and O–H groups in total. The number of hydrogen-bond acceptors (Lipinski definition) is 4. The molecule has 2 aromatic carbocycles. The van der Waals surface area contributed by atoms with Gasteiger partial charge in [-0.2, -0.15) is 0 Å². The van der Waals surface area contributed by atoms with Gasteiger partial charge in [-0.25, -0.2) is 4.79 Å². The molecule has 1 saturated heterocycles. The van der Waals surface area contributed by atoms with E-state index in [-0.39, 0.29) is 24.8 Å². The summed E-state index contributed by atoms with van der Waals surface area (Å²) in [5.74, 6) is -1.24. The lowest BCUT2D eigenvalue weighted by Crippen LogP contribution is -2.28. The second-order valence-corrected chi connectivity index (χ2v) is 7.34. The van der Waals surface area contributed by atoms with Crippen LogP contribution in [0.3, 0.4) is 0 Å². The quantitative estimate of drug-likeness (QED) is 0.660. The zero-order valence-electron chi connectivity index (χ0n) is 16.9. The summed E-state index contributed by atoms with van der Waals surface area (Å²) < 4.78 is 6.62. The minimum Gasteiger partial charge on any atom is -0.461 e. The van der Waals surface area contributed by atoms with Gasteiger partial charge < -0.3 is 19.5 Å². The molecule has 0 unspecified atom stereocenters. The number of anilines is 2. The summed E-state index contributed by atoms with van der Waals surface area (Å²) in [5.41, 5.74) is 1.67. The van der Waals surface area contributed by atoms with Crippen LogP contribution in [0.1, 0.15) is 23.8 Å². The zero-order chi connectivity index (χ0) is 21.3. The fourth-order valence-corrected chi connectivity index (χ4v) is 3.84. The van der Waals surface area contributed by atoms with E-state index in [1.165, 1.54) is 0 Å². The Bertz CT molecular complexity index is 1130. The van der Waals surface area contributed by atoms with Gasteiger partial charge in [0.05, 0.1) is 23.9 Å². The average molecular weight is 405 g/mol. The molecule has 3 aromatic rings. The first kappa shape index (κ1) is 19.7. The summed E-state index contributed by atoms with van der Waals surface area (Å²) in [5, 5.41) is 4.86. The maximum absolute atomic E-state index is 12.8. The van der Waals surface area contributed by atoms with Gasteiger partial charge in [0, 0.05) is 31.6 Å². The van der Waals surface area contributed by atoms with Crippen molar-refractivity contribution >= 4 is 39.9 Å². The van der Waals surface area contributed by atoms with Crippen molar-refractivity contribution in [2.24, 2.45) is 13.0 Å². The Morgan fingerprint density at radius 1 is 1.17 bits per heavy atom. The lowest BCUT2D eigenvalue weighted by molar-refractivity contribution is -0.122. The molecule has 0 saturated carbocycles. The lowest BCUT2D eigenvalue weighted by atomic mass is 10.1. The molecule has 1 aromatic heterocycles. The van der Waals surface area contributed by atoms with E-state index in [2.05, 4.69) is 5.32 Å². The van der Waals surface area contributed by atoms with Crippen LogP contribution in [-0.2, 0) is 21.4 Å². The van der Waals surface area contributed by atoms with Crippen molar-refractivity contribution in [2.45, 2.75) is 13.3 Å². The van der Waals surface area contributed by atoms with Gasteiger partial charge in [-0.05, 0) is 24.4 Å². The molecule has 0 bridgehead atoms. The van der Waals surface area contributed by atoms with Crippen LogP contribution in [0.25, 0.3) is 10.8 Å². The third-order valence-electron chi connectivity index (χ3n) is 5.31. The number of rotatable bonds is 5. The van der Waals surface area contributed by atoms with E-state index in [0.29, 0.717) is 17.9 Å². The summed E-state index contributed by atoms with van der Waals surface area (Å²) in [6, 6.07) is 15.3. The number of fused-ring (bicyclic) bond motifs is 1. The van der Waals surface area contributed by atoms with Gasteiger partial charge in [-0.1, -0.05) is 36.4 Å². The molecule has 2 heterocycles. The number of carbonyl (C=O) groups excluding carboxylic acids is 3. The largest absolute Gasteiger partial charge is 0.461 e. The fourth-order valence-electron chi connectivity index (χ4n) is 3.84. The lowest BCUT2D eigenvalue weighted by Gasteiger charge is -2.19. The smallest absolute Gasteiger partial charge is 0.355 e. The number of hydrogen-bond donors (Lipinski definition) is 1. The predicted molar refractivity (Wildman–Crippen MR) is 114 cm³/mol. The zero-order valence-corrected chi connectivity index (χ0v) is 16.9.